The molecule has 202 valence electrons. The molecule has 0 amide bonds. The molecule has 2 saturated heterocycles. The van der Waals surface area contributed by atoms with Gasteiger partial charge in [-0.1, -0.05) is 0 Å². The summed E-state index contributed by atoms with van der Waals surface area (Å²) in [6.07, 6.45) is 2.79. The zero-order valence-electron chi connectivity index (χ0n) is 21.6. The lowest BCUT2D eigenvalue weighted by molar-refractivity contribution is 0.122. The molecule has 0 saturated carbocycles. The summed E-state index contributed by atoms with van der Waals surface area (Å²) in [6, 6.07) is 12.0. The van der Waals surface area contributed by atoms with Crippen molar-refractivity contribution in [2.45, 2.75) is 0 Å². The average molecular weight is 534 g/mol. The Kier molecular flexibility index (Phi) is 7.03. The van der Waals surface area contributed by atoms with Crippen LogP contribution in [0.25, 0.3) is 16.9 Å². The fourth-order valence-corrected chi connectivity index (χ4v) is 4.70. The van der Waals surface area contributed by atoms with Gasteiger partial charge in [-0.3, -0.25) is 0 Å². The summed E-state index contributed by atoms with van der Waals surface area (Å²) in [6.45, 7) is 6.17. The fourth-order valence-electron chi connectivity index (χ4n) is 4.70. The van der Waals surface area contributed by atoms with Gasteiger partial charge >= 0.3 is 0 Å². The van der Waals surface area contributed by atoms with E-state index >= 15 is 0 Å². The Morgan fingerprint density at radius 2 is 1.62 bits per heavy atom. The molecule has 2 aliphatic heterocycles. The van der Waals surface area contributed by atoms with Gasteiger partial charge in [0.25, 0.3) is 0 Å². The molecule has 4 aromatic rings. The molecule has 2 aromatic heterocycles. The zero-order valence-corrected chi connectivity index (χ0v) is 21.6. The Hall–Kier alpha value is -4.16. The molecular formula is C27H29F2N9O. The predicted octanol–water partition coefficient (Wildman–Crippen LogP) is 3.33. The van der Waals surface area contributed by atoms with Gasteiger partial charge in [-0.15, -0.1) is 5.10 Å². The van der Waals surface area contributed by atoms with E-state index in [0.29, 0.717) is 49.2 Å². The second-order valence-electron chi connectivity index (χ2n) is 9.64. The summed E-state index contributed by atoms with van der Waals surface area (Å²) in [5, 5.41) is 7.74. The number of likely N-dealkylation sites (N-methyl/N-ethyl adjacent to an activating group) is 1. The van der Waals surface area contributed by atoms with Crippen LogP contribution in [-0.2, 0) is 4.74 Å². The summed E-state index contributed by atoms with van der Waals surface area (Å²) < 4.78 is 36.4. The van der Waals surface area contributed by atoms with E-state index in [9.17, 15) is 8.78 Å². The van der Waals surface area contributed by atoms with Gasteiger partial charge in [0.05, 0.1) is 25.1 Å². The average Bonchev–Trinajstić information content (AvgIpc) is 3.45. The minimum absolute atomic E-state index is 0.0252. The number of nitrogens with one attached hydrogen (secondary N) is 1. The number of rotatable bonds is 6. The molecule has 0 radical (unpaired) electrons. The Balaban J connectivity index is 1.18. The maximum Gasteiger partial charge on any atom is 0.245 e. The molecule has 4 heterocycles. The number of nitrogens with zero attached hydrogens (tertiary/aromatic N) is 8. The minimum Gasteiger partial charge on any atom is -0.378 e. The molecule has 0 atom stereocenters. The number of halogens is 2. The van der Waals surface area contributed by atoms with E-state index in [1.807, 2.05) is 29.2 Å². The lowest BCUT2D eigenvalue weighted by atomic mass is 10.1. The number of benzene rings is 2. The van der Waals surface area contributed by atoms with Crippen molar-refractivity contribution in [2.24, 2.45) is 0 Å². The van der Waals surface area contributed by atoms with Crippen LogP contribution in [-0.4, -0.2) is 89.2 Å². The highest BCUT2D eigenvalue weighted by molar-refractivity contribution is 5.68. The minimum atomic E-state index is -0.628. The van der Waals surface area contributed by atoms with E-state index in [1.165, 1.54) is 12.1 Å². The van der Waals surface area contributed by atoms with Crippen molar-refractivity contribution < 1.29 is 13.5 Å². The highest BCUT2D eigenvalue weighted by Gasteiger charge is 2.19. The Morgan fingerprint density at radius 3 is 2.38 bits per heavy atom. The number of hydrogen-bond acceptors (Lipinski definition) is 9. The van der Waals surface area contributed by atoms with Gasteiger partial charge in [-0.2, -0.15) is 4.98 Å². The summed E-state index contributed by atoms with van der Waals surface area (Å²) >= 11 is 0. The van der Waals surface area contributed by atoms with Crippen molar-refractivity contribution in [3.8, 4) is 16.9 Å². The molecule has 0 aliphatic carbocycles. The molecule has 2 fully saturated rings. The standard InChI is InChI=1S/C27H29F2N9O/c1-35-6-8-37(9-7-35)27-31-18-38(34-27)22-4-2-21(3-5-22)32-26-30-17-24(29)25(33-26)19-14-20(28)16-23(15-19)36-10-12-39-13-11-36/h2-5,14-18H,6-13H2,1H3,(H,30,32,33). The van der Waals surface area contributed by atoms with Crippen LogP contribution in [0.4, 0.5) is 32.1 Å². The maximum atomic E-state index is 14.8. The Bertz CT molecular complexity index is 1430. The van der Waals surface area contributed by atoms with Crippen LogP contribution in [0.5, 0.6) is 0 Å². The van der Waals surface area contributed by atoms with Crippen molar-refractivity contribution in [3.63, 3.8) is 0 Å². The zero-order chi connectivity index (χ0) is 26.8. The molecule has 6 rings (SSSR count). The molecule has 0 spiro atoms. The molecule has 0 unspecified atom stereocenters. The molecule has 0 bridgehead atoms. The van der Waals surface area contributed by atoms with Gasteiger partial charge in [0.2, 0.25) is 11.9 Å². The van der Waals surface area contributed by atoms with Crippen molar-refractivity contribution >= 4 is 23.3 Å². The van der Waals surface area contributed by atoms with Crippen LogP contribution in [0.15, 0.2) is 55.0 Å². The third kappa shape index (κ3) is 5.66. The van der Waals surface area contributed by atoms with Crippen LogP contribution < -0.4 is 15.1 Å². The lowest BCUT2D eigenvalue weighted by Gasteiger charge is -2.31. The first kappa shape index (κ1) is 25.1. The number of hydrogen-bond donors (Lipinski definition) is 1. The first-order chi connectivity index (χ1) is 19.0. The number of piperazine rings is 1. The van der Waals surface area contributed by atoms with Crippen LogP contribution >= 0.6 is 0 Å². The van der Waals surface area contributed by atoms with Gasteiger partial charge in [0.1, 0.15) is 17.8 Å². The Labute approximate surface area is 224 Å². The largest absolute Gasteiger partial charge is 0.378 e. The number of aromatic nitrogens is 5. The summed E-state index contributed by atoms with van der Waals surface area (Å²) in [5.74, 6) is -0.168. The molecule has 2 aromatic carbocycles. The molecule has 2 aliphatic rings. The van der Waals surface area contributed by atoms with E-state index in [0.717, 1.165) is 38.1 Å². The van der Waals surface area contributed by atoms with Crippen molar-refractivity contribution in [3.05, 3.63) is 66.6 Å². The van der Waals surface area contributed by atoms with Crippen molar-refractivity contribution in [2.75, 3.05) is 74.6 Å². The van der Waals surface area contributed by atoms with Crippen molar-refractivity contribution in [1.82, 2.24) is 29.6 Å². The predicted molar refractivity (Wildman–Crippen MR) is 145 cm³/mol. The lowest BCUT2D eigenvalue weighted by Crippen LogP contribution is -2.45. The molecule has 12 heteroatoms. The van der Waals surface area contributed by atoms with Crippen molar-refractivity contribution in [1.29, 1.82) is 0 Å². The maximum absolute atomic E-state index is 14.8. The van der Waals surface area contributed by atoms with E-state index < -0.39 is 11.6 Å². The van der Waals surface area contributed by atoms with Gasteiger partial charge in [0, 0.05) is 56.2 Å². The molecule has 1 N–H and O–H groups in total. The number of ether oxygens (including phenoxy) is 1. The van der Waals surface area contributed by atoms with Crippen LogP contribution in [0, 0.1) is 11.6 Å². The second-order valence-corrected chi connectivity index (χ2v) is 9.64. The topological polar surface area (TPSA) is 87.5 Å². The highest BCUT2D eigenvalue weighted by atomic mass is 19.1. The number of anilines is 4. The van der Waals surface area contributed by atoms with Crippen LogP contribution in [0.1, 0.15) is 0 Å². The van der Waals surface area contributed by atoms with Gasteiger partial charge in [-0.25, -0.2) is 23.4 Å². The third-order valence-electron chi connectivity index (χ3n) is 6.93. The van der Waals surface area contributed by atoms with E-state index in [4.69, 9.17) is 4.74 Å². The highest BCUT2D eigenvalue weighted by Crippen LogP contribution is 2.29. The molecule has 39 heavy (non-hydrogen) atoms. The summed E-state index contributed by atoms with van der Waals surface area (Å²) in [4.78, 5) is 19.4. The smallest absolute Gasteiger partial charge is 0.245 e. The molecular weight excluding hydrogens is 504 g/mol. The third-order valence-corrected chi connectivity index (χ3v) is 6.93. The normalized spacial score (nSPS) is 16.5. The monoisotopic (exact) mass is 533 g/mol. The van der Waals surface area contributed by atoms with Gasteiger partial charge in [-0.05, 0) is 49.5 Å². The van der Waals surface area contributed by atoms with Gasteiger partial charge < -0.3 is 24.8 Å². The van der Waals surface area contributed by atoms with E-state index in [1.54, 1.807) is 17.1 Å². The van der Waals surface area contributed by atoms with Crippen LogP contribution in [0.3, 0.4) is 0 Å². The summed E-state index contributed by atoms with van der Waals surface area (Å²) in [7, 11) is 2.11. The SMILES string of the molecule is CN1CCN(c2ncn(-c3ccc(Nc4ncc(F)c(-c5cc(F)cc(N6CCOCC6)c5)n4)cc3)n2)CC1. The van der Waals surface area contributed by atoms with Gasteiger partial charge in [0.15, 0.2) is 5.82 Å². The second kappa shape index (κ2) is 10.9. The van der Waals surface area contributed by atoms with Crippen LogP contribution in [0.2, 0.25) is 0 Å². The first-order valence-electron chi connectivity index (χ1n) is 12.9. The Morgan fingerprint density at radius 1 is 0.846 bits per heavy atom. The summed E-state index contributed by atoms with van der Waals surface area (Å²) in [5.41, 5.74) is 2.60. The first-order valence-corrected chi connectivity index (χ1v) is 12.9. The van der Waals surface area contributed by atoms with E-state index in [-0.39, 0.29) is 11.6 Å². The van der Waals surface area contributed by atoms with E-state index in [2.05, 4.69) is 42.2 Å². The quantitative estimate of drug-likeness (QED) is 0.401. The number of morpholine rings is 1. The fraction of sp³-hybridized carbons (Fsp3) is 0.333. The molecule has 10 nitrogen and oxygen atoms in total.